The smallest absolute Gasteiger partial charge is 0.306 e. The Hall–Kier alpha value is -3.01. The average Bonchev–Trinajstić information content (AvgIpc) is 3.34. The van der Waals surface area contributed by atoms with E-state index in [-0.39, 0.29) is 38.6 Å². The number of hydrogen-bond acceptors (Lipinski definition) is 8. The first kappa shape index (κ1) is 68.0. The lowest BCUT2D eigenvalue weighted by Crippen LogP contribution is -2.44. The van der Waals surface area contributed by atoms with Crippen LogP contribution in [0.4, 0.5) is 0 Å². The highest BCUT2D eigenvalue weighted by molar-refractivity contribution is 5.70. The molecule has 0 aromatic rings. The molecule has 71 heavy (non-hydrogen) atoms. The summed E-state index contributed by atoms with van der Waals surface area (Å²) in [5, 5.41) is 11.7. The summed E-state index contributed by atoms with van der Waals surface area (Å²) in [4.78, 5) is 37.1. The lowest BCUT2D eigenvalue weighted by Gasteiger charge is -2.26. The maximum absolute atomic E-state index is 12.8. The van der Waals surface area contributed by atoms with Crippen LogP contribution in [0.25, 0.3) is 0 Å². The molecule has 0 aliphatic carbocycles. The minimum atomic E-state index is -1.62. The van der Waals surface area contributed by atoms with Gasteiger partial charge in [-0.1, -0.05) is 235 Å². The van der Waals surface area contributed by atoms with E-state index in [9.17, 15) is 19.5 Å². The second kappa shape index (κ2) is 53.3. The van der Waals surface area contributed by atoms with E-state index in [2.05, 4.69) is 74.6 Å². The monoisotopic (exact) mass is 998 g/mol. The van der Waals surface area contributed by atoms with Gasteiger partial charge in [0.2, 0.25) is 0 Å². The Balaban J connectivity index is 3.99. The van der Waals surface area contributed by atoms with Crippen molar-refractivity contribution in [3.63, 3.8) is 0 Å². The molecule has 0 saturated carbocycles. The molecule has 0 N–H and O–H groups in total. The average molecular weight is 999 g/mol. The molecule has 0 aliphatic rings. The topological polar surface area (TPSA) is 111 Å². The van der Waals surface area contributed by atoms with Crippen molar-refractivity contribution in [2.45, 2.75) is 270 Å². The van der Waals surface area contributed by atoms with E-state index < -0.39 is 24.3 Å². The largest absolute Gasteiger partial charge is 0.545 e. The minimum absolute atomic E-state index is 0.147. The van der Waals surface area contributed by atoms with Gasteiger partial charge in [0.15, 0.2) is 12.4 Å². The number of unbranched alkanes of at least 4 members (excludes halogenated alkanes) is 29. The molecule has 412 valence electrons. The van der Waals surface area contributed by atoms with Gasteiger partial charge in [0.1, 0.15) is 13.2 Å². The maximum Gasteiger partial charge on any atom is 0.306 e. The number of carboxylic acid groups (broad SMARTS) is 1. The summed E-state index contributed by atoms with van der Waals surface area (Å²) in [6.45, 7) is 4.60. The predicted molar refractivity (Wildman–Crippen MR) is 297 cm³/mol. The molecule has 9 heteroatoms. The predicted octanol–water partition coefficient (Wildman–Crippen LogP) is 15.9. The number of aliphatic carboxylic acids is 1. The zero-order chi connectivity index (χ0) is 52.0. The normalized spacial score (nSPS) is 13.2. The summed E-state index contributed by atoms with van der Waals surface area (Å²) in [5.41, 5.74) is 0. The van der Waals surface area contributed by atoms with Crippen LogP contribution in [-0.4, -0.2) is 82.3 Å². The third-order valence-corrected chi connectivity index (χ3v) is 12.7. The van der Waals surface area contributed by atoms with Gasteiger partial charge in [-0.05, 0) is 70.6 Å². The van der Waals surface area contributed by atoms with E-state index in [1.165, 1.54) is 141 Å². The highest BCUT2D eigenvalue weighted by Gasteiger charge is 2.22. The highest BCUT2D eigenvalue weighted by Crippen LogP contribution is 2.17. The van der Waals surface area contributed by atoms with Crippen molar-refractivity contribution in [1.29, 1.82) is 0 Å². The number of carbonyl (C=O) groups excluding carboxylic acids is 3. The molecule has 0 heterocycles. The van der Waals surface area contributed by atoms with E-state index in [0.717, 1.165) is 83.5 Å². The van der Waals surface area contributed by atoms with Gasteiger partial charge in [0.05, 0.1) is 40.3 Å². The number of esters is 2. The second-order valence-corrected chi connectivity index (χ2v) is 20.9. The number of allylic oxidation sites excluding steroid dienone is 10. The summed E-state index contributed by atoms with van der Waals surface area (Å²) < 4.78 is 22.6. The Morgan fingerprint density at radius 3 is 1.21 bits per heavy atom. The zero-order valence-electron chi connectivity index (χ0n) is 46.8. The Bertz CT molecular complexity index is 1350. The van der Waals surface area contributed by atoms with Crippen molar-refractivity contribution in [2.24, 2.45) is 0 Å². The van der Waals surface area contributed by atoms with Gasteiger partial charge in [-0.25, -0.2) is 0 Å². The quantitative estimate of drug-likeness (QED) is 0.0195. The first-order valence-corrected chi connectivity index (χ1v) is 29.4. The third-order valence-electron chi connectivity index (χ3n) is 12.7. The first-order chi connectivity index (χ1) is 34.6. The van der Waals surface area contributed by atoms with Crippen LogP contribution in [0.2, 0.25) is 0 Å². The number of rotatable bonds is 54. The van der Waals surface area contributed by atoms with Crippen molar-refractivity contribution in [3.05, 3.63) is 60.8 Å². The molecule has 0 aromatic carbocycles. The Labute approximate surface area is 437 Å². The lowest BCUT2D eigenvalue weighted by atomic mass is 10.0. The van der Waals surface area contributed by atoms with Crippen molar-refractivity contribution < 1.29 is 42.9 Å². The molecule has 0 rings (SSSR count). The van der Waals surface area contributed by atoms with Crippen LogP contribution in [0, 0.1) is 0 Å². The molecule has 0 aromatic heterocycles. The maximum atomic E-state index is 12.8. The Morgan fingerprint density at radius 2 is 0.803 bits per heavy atom. The van der Waals surface area contributed by atoms with Crippen LogP contribution >= 0.6 is 0 Å². The van der Waals surface area contributed by atoms with E-state index in [1.54, 1.807) is 0 Å². The van der Waals surface area contributed by atoms with E-state index in [0.29, 0.717) is 17.4 Å². The van der Waals surface area contributed by atoms with Gasteiger partial charge >= 0.3 is 11.9 Å². The van der Waals surface area contributed by atoms with E-state index in [4.69, 9.17) is 18.9 Å². The summed E-state index contributed by atoms with van der Waals surface area (Å²) >= 11 is 0. The molecule has 0 spiro atoms. The van der Waals surface area contributed by atoms with Crippen molar-refractivity contribution in [1.82, 2.24) is 0 Å². The first-order valence-electron chi connectivity index (χ1n) is 29.4. The molecule has 9 nitrogen and oxygen atoms in total. The summed E-state index contributed by atoms with van der Waals surface area (Å²) in [5.74, 6) is -2.29. The molecule has 2 unspecified atom stereocenters. The summed E-state index contributed by atoms with van der Waals surface area (Å²) in [6.07, 6.45) is 64.4. The number of hydrogen-bond donors (Lipinski definition) is 0. The van der Waals surface area contributed by atoms with Gasteiger partial charge in [-0.2, -0.15) is 0 Å². The second-order valence-electron chi connectivity index (χ2n) is 20.9. The molecule has 2 atom stereocenters. The minimum Gasteiger partial charge on any atom is -0.545 e. The van der Waals surface area contributed by atoms with Crippen LogP contribution in [-0.2, 0) is 33.3 Å². The molecule has 0 saturated heterocycles. The molecule has 0 amide bonds. The summed E-state index contributed by atoms with van der Waals surface area (Å²) in [7, 11) is 5.92. The molecular weight excluding hydrogens is 887 g/mol. The molecule has 0 radical (unpaired) electrons. The fourth-order valence-electron chi connectivity index (χ4n) is 8.22. The van der Waals surface area contributed by atoms with E-state index in [1.807, 2.05) is 21.1 Å². The summed E-state index contributed by atoms with van der Waals surface area (Å²) in [6, 6.07) is 0. The molecule has 0 fully saturated rings. The number of likely N-dealkylation sites (N-methyl/N-ethyl adjacent to an activating group) is 1. The zero-order valence-corrected chi connectivity index (χ0v) is 46.8. The number of carboxylic acids is 1. The molecular formula is C62H111NO8. The molecule has 0 aliphatic heterocycles. The van der Waals surface area contributed by atoms with Crippen molar-refractivity contribution in [2.75, 3.05) is 47.5 Å². The van der Waals surface area contributed by atoms with Gasteiger partial charge in [-0.3, -0.25) is 9.59 Å². The van der Waals surface area contributed by atoms with Crippen molar-refractivity contribution >= 4 is 17.9 Å². The Morgan fingerprint density at radius 1 is 0.437 bits per heavy atom. The van der Waals surface area contributed by atoms with Gasteiger partial charge in [0, 0.05) is 12.8 Å². The number of nitrogens with zero attached hydrogens (tertiary/aromatic N) is 1. The lowest BCUT2D eigenvalue weighted by molar-refractivity contribution is -0.870. The van der Waals surface area contributed by atoms with Crippen molar-refractivity contribution in [3.8, 4) is 0 Å². The number of ether oxygens (including phenoxy) is 4. The fraction of sp³-hybridized carbons (Fsp3) is 0.790. The van der Waals surface area contributed by atoms with Gasteiger partial charge in [0.25, 0.3) is 0 Å². The number of quaternary nitrogens is 1. The highest BCUT2D eigenvalue weighted by atomic mass is 16.7. The van der Waals surface area contributed by atoms with Gasteiger partial charge < -0.3 is 33.3 Å². The molecule has 0 bridgehead atoms. The van der Waals surface area contributed by atoms with Crippen LogP contribution in [0.1, 0.15) is 258 Å². The van der Waals surface area contributed by atoms with Gasteiger partial charge in [-0.15, -0.1) is 0 Å². The van der Waals surface area contributed by atoms with Crippen LogP contribution in [0.15, 0.2) is 60.8 Å². The third kappa shape index (κ3) is 54.6. The van der Waals surface area contributed by atoms with E-state index >= 15 is 0 Å². The SMILES string of the molecule is CC/C=C\C/C=C\C/C=C\C/C=C\CCCCCCCCCCCCCCCCCCCCCCCCC(=O)OC(COC(=O)CCCCCCC/C=C\CCCC)COC(OCC[N+](C)(C)C)C(=O)[O-]. The Kier molecular flexibility index (Phi) is 51.0. The van der Waals surface area contributed by atoms with Crippen LogP contribution in [0.3, 0.4) is 0 Å². The van der Waals surface area contributed by atoms with Crippen LogP contribution < -0.4 is 5.11 Å². The fourth-order valence-corrected chi connectivity index (χ4v) is 8.22. The standard InChI is InChI=1S/C62H111NO8/c1-6-8-10-12-14-16-18-19-20-21-22-23-24-25-26-27-28-29-30-31-32-33-34-35-36-37-38-39-40-41-43-45-47-49-51-53-60(65)71-58(57-70-62(61(66)67)68-55-54-63(3,4)5)56-69-59(64)52-50-48-46-44-42-17-15-13-11-9-7-2/h8,10,13-16,19-20,22-23,58,62H,6-7,9,11-12,17-18,21,24-57H2,1-5H3/b10-8-,15-13-,16-14-,20-19-,23-22-. The number of carbonyl (C=O) groups is 3. The van der Waals surface area contributed by atoms with Crippen LogP contribution in [0.5, 0.6) is 0 Å².